The van der Waals surface area contributed by atoms with E-state index < -0.39 is 11.7 Å². The summed E-state index contributed by atoms with van der Waals surface area (Å²) >= 11 is 5.64. The summed E-state index contributed by atoms with van der Waals surface area (Å²) < 4.78 is 37.4. The number of hydrogen-bond acceptors (Lipinski definition) is 1. The fourth-order valence-electron chi connectivity index (χ4n) is 1.56. The second-order valence-corrected chi connectivity index (χ2v) is 3.87. The van der Waals surface area contributed by atoms with Crippen LogP contribution in [0.1, 0.15) is 11.1 Å². The molecule has 84 valence electrons. The zero-order valence-electron chi connectivity index (χ0n) is 8.18. The lowest BCUT2D eigenvalue weighted by molar-refractivity contribution is -0.137. The largest absolute Gasteiger partial charge is 0.423 e. The molecule has 0 bridgehead atoms. The van der Waals surface area contributed by atoms with Crippen LogP contribution in [0.3, 0.4) is 0 Å². The topological polar surface area (TPSA) is 12.0 Å². The summed E-state index contributed by atoms with van der Waals surface area (Å²) in [5.74, 6) is 2.16. The first-order valence-electron chi connectivity index (χ1n) is 4.72. The van der Waals surface area contributed by atoms with Crippen LogP contribution < -0.4 is 5.23 Å². The second-order valence-electron chi connectivity index (χ2n) is 3.56. The van der Waals surface area contributed by atoms with Crippen LogP contribution in [0.25, 0.3) is 6.08 Å². The predicted octanol–water partition coefficient (Wildman–Crippen LogP) is 3.45. The lowest BCUT2D eigenvalue weighted by atomic mass is 9.62. The van der Waals surface area contributed by atoms with Crippen molar-refractivity contribution in [3.05, 3.63) is 35.3 Å². The molecule has 1 N–H and O–H groups in total. The van der Waals surface area contributed by atoms with Gasteiger partial charge in [-0.25, -0.2) is 0 Å². The number of alkyl halides is 4. The summed E-state index contributed by atoms with van der Waals surface area (Å²) in [7, 11) is 0. The number of fused-ring (bicyclic) bond motifs is 1. The van der Waals surface area contributed by atoms with Gasteiger partial charge in [-0.15, -0.1) is 11.6 Å². The van der Waals surface area contributed by atoms with Crippen molar-refractivity contribution in [3.8, 4) is 0 Å². The van der Waals surface area contributed by atoms with E-state index in [1.165, 1.54) is 6.07 Å². The average molecular weight is 245 g/mol. The van der Waals surface area contributed by atoms with Crippen LogP contribution in [0, 0.1) is 0 Å². The average Bonchev–Trinajstić information content (AvgIpc) is 2.26. The van der Waals surface area contributed by atoms with Crippen molar-refractivity contribution in [3.63, 3.8) is 0 Å². The summed E-state index contributed by atoms with van der Waals surface area (Å²) in [4.78, 5) is 0. The molecule has 0 unspecified atom stereocenters. The Bertz CT molecular complexity index is 431. The lowest BCUT2D eigenvalue weighted by Crippen LogP contribution is -2.27. The minimum Gasteiger partial charge on any atom is -0.423 e. The molecule has 0 fully saturated rings. The van der Waals surface area contributed by atoms with Crippen LogP contribution in [0.4, 0.5) is 18.9 Å². The Labute approximate surface area is 96.4 Å². The quantitative estimate of drug-likeness (QED) is 0.590. The van der Waals surface area contributed by atoms with Crippen molar-refractivity contribution in [2.45, 2.75) is 6.18 Å². The predicted molar refractivity (Wildman–Crippen MR) is 60.6 cm³/mol. The van der Waals surface area contributed by atoms with E-state index >= 15 is 0 Å². The normalized spacial score (nSPS) is 14.6. The minimum atomic E-state index is -4.31. The van der Waals surface area contributed by atoms with Crippen molar-refractivity contribution in [1.82, 2.24) is 0 Å². The second kappa shape index (κ2) is 4.05. The molecule has 0 aliphatic carbocycles. The van der Waals surface area contributed by atoms with Crippen LogP contribution in [0.2, 0.25) is 0 Å². The van der Waals surface area contributed by atoms with Crippen molar-refractivity contribution in [2.75, 3.05) is 11.0 Å². The van der Waals surface area contributed by atoms with Crippen molar-refractivity contribution < 1.29 is 13.2 Å². The molecule has 1 heterocycles. The number of hydrogen-bond donors (Lipinski definition) is 1. The Morgan fingerprint density at radius 2 is 2.06 bits per heavy atom. The lowest BCUT2D eigenvalue weighted by Gasteiger charge is -2.19. The van der Waals surface area contributed by atoms with E-state index in [0.717, 1.165) is 17.7 Å². The van der Waals surface area contributed by atoms with Gasteiger partial charge in [0.2, 0.25) is 0 Å². The third-order valence-corrected chi connectivity index (χ3v) is 2.73. The Hall–Kier alpha value is -1.10. The molecule has 6 heteroatoms. The number of rotatable bonds is 1. The number of halogens is 4. The van der Waals surface area contributed by atoms with Gasteiger partial charge in [-0.2, -0.15) is 13.2 Å². The summed E-state index contributed by atoms with van der Waals surface area (Å²) in [6, 6.07) is 3.64. The number of benzene rings is 1. The van der Waals surface area contributed by atoms with Gasteiger partial charge in [-0.1, -0.05) is 18.1 Å². The molecule has 0 spiro atoms. The molecule has 1 aromatic carbocycles. The van der Waals surface area contributed by atoms with Gasteiger partial charge in [-0.05, 0) is 17.7 Å². The van der Waals surface area contributed by atoms with Gasteiger partial charge in [0, 0.05) is 11.5 Å². The van der Waals surface area contributed by atoms with E-state index in [2.05, 4.69) is 5.23 Å². The summed E-state index contributed by atoms with van der Waals surface area (Å²) in [5.41, 5.74) is 0.569. The SMILES string of the molecule is FC(F)(F)c1ccc2c(c1)NB(CCl)C=C2. The third kappa shape index (κ3) is 2.19. The molecule has 1 aliphatic rings. The van der Waals surface area contributed by atoms with E-state index in [9.17, 15) is 13.2 Å². The van der Waals surface area contributed by atoms with E-state index in [4.69, 9.17) is 11.6 Å². The smallest absolute Gasteiger partial charge is 0.416 e. The molecule has 0 atom stereocenters. The van der Waals surface area contributed by atoms with Gasteiger partial charge in [0.15, 0.2) is 0 Å². The minimum absolute atomic E-state index is 0.113. The zero-order chi connectivity index (χ0) is 11.8. The van der Waals surface area contributed by atoms with E-state index in [-0.39, 0.29) is 6.85 Å². The maximum Gasteiger partial charge on any atom is 0.416 e. The van der Waals surface area contributed by atoms with Crippen LogP contribution in [-0.2, 0) is 6.18 Å². The van der Waals surface area contributed by atoms with Crippen LogP contribution in [0.15, 0.2) is 24.2 Å². The summed E-state index contributed by atoms with van der Waals surface area (Å²) in [6.07, 6.45) is -2.53. The maximum atomic E-state index is 12.5. The highest BCUT2D eigenvalue weighted by Crippen LogP contribution is 2.33. The van der Waals surface area contributed by atoms with Crippen LogP contribution in [-0.4, -0.2) is 12.6 Å². The summed E-state index contributed by atoms with van der Waals surface area (Å²) in [6.45, 7) is -0.113. The summed E-state index contributed by atoms with van der Waals surface area (Å²) in [5, 5.41) is 2.94. The Morgan fingerprint density at radius 3 is 2.69 bits per heavy atom. The van der Waals surface area contributed by atoms with Gasteiger partial charge in [-0.3, -0.25) is 0 Å². The van der Waals surface area contributed by atoms with Gasteiger partial charge in [0.1, 0.15) is 0 Å². The molecule has 1 aliphatic heterocycles. The van der Waals surface area contributed by atoms with Crippen molar-refractivity contribution >= 4 is 30.2 Å². The monoisotopic (exact) mass is 245 g/mol. The fourth-order valence-corrected chi connectivity index (χ4v) is 1.74. The molecular formula is C10H8BClF3N. The molecule has 0 amide bonds. The van der Waals surface area contributed by atoms with E-state index in [1.54, 1.807) is 6.08 Å². The number of nitrogens with one attached hydrogen (secondary N) is 1. The first kappa shape index (κ1) is 11.4. The maximum absolute atomic E-state index is 12.5. The van der Waals surface area contributed by atoms with Gasteiger partial charge in [0.25, 0.3) is 6.85 Å². The molecule has 0 saturated heterocycles. The fraction of sp³-hybridized carbons (Fsp3) is 0.200. The van der Waals surface area contributed by atoms with E-state index in [0.29, 0.717) is 11.5 Å². The van der Waals surface area contributed by atoms with Crippen LogP contribution in [0.5, 0.6) is 0 Å². The molecule has 0 aromatic heterocycles. The molecule has 1 aromatic rings. The first-order valence-corrected chi connectivity index (χ1v) is 5.26. The first-order chi connectivity index (χ1) is 7.50. The van der Waals surface area contributed by atoms with Gasteiger partial charge < -0.3 is 5.23 Å². The highest BCUT2D eigenvalue weighted by molar-refractivity contribution is 6.75. The molecule has 1 nitrogen and oxygen atoms in total. The highest BCUT2D eigenvalue weighted by atomic mass is 35.5. The Morgan fingerprint density at radius 1 is 1.31 bits per heavy atom. The zero-order valence-corrected chi connectivity index (χ0v) is 8.94. The molecule has 2 rings (SSSR count). The molecule has 0 radical (unpaired) electrons. The van der Waals surface area contributed by atoms with Crippen molar-refractivity contribution in [2.24, 2.45) is 0 Å². The number of anilines is 1. The third-order valence-electron chi connectivity index (χ3n) is 2.40. The van der Waals surface area contributed by atoms with E-state index in [1.807, 2.05) is 5.98 Å². The molecule has 16 heavy (non-hydrogen) atoms. The van der Waals surface area contributed by atoms with Gasteiger partial charge in [0.05, 0.1) is 5.56 Å². The van der Waals surface area contributed by atoms with Crippen molar-refractivity contribution in [1.29, 1.82) is 0 Å². The molecular weight excluding hydrogens is 237 g/mol. The molecule has 0 saturated carbocycles. The Kier molecular flexibility index (Phi) is 2.89. The van der Waals surface area contributed by atoms with Gasteiger partial charge >= 0.3 is 6.18 Å². The Balaban J connectivity index is 2.37. The highest BCUT2D eigenvalue weighted by Gasteiger charge is 2.31. The standard InChI is InChI=1S/C10H8BClF3N/c12-6-11-4-3-7-1-2-8(10(13,14)15)5-9(7)16-11/h1-5,16H,6H2. The van der Waals surface area contributed by atoms with Crippen LogP contribution >= 0.6 is 11.6 Å².